The number of aliphatic hydroxyl groups is 1. The van der Waals surface area contributed by atoms with Crippen molar-refractivity contribution in [2.24, 2.45) is 23.7 Å². The molecular weight excluding hydrogens is 554 g/mol. The number of rotatable bonds is 10. The Morgan fingerprint density at radius 1 is 1.02 bits per heavy atom. The van der Waals surface area contributed by atoms with Gasteiger partial charge in [-0.3, -0.25) is 4.79 Å². The van der Waals surface area contributed by atoms with Crippen LogP contribution in [0.25, 0.3) is 0 Å². The summed E-state index contributed by atoms with van der Waals surface area (Å²) in [5.41, 5.74) is -0.0400. The normalized spacial score (nSPS) is 25.7. The molecule has 224 valence electrons. The molecule has 1 N–H and O–H groups in total. The fourth-order valence-corrected chi connectivity index (χ4v) is 8.99. The van der Waals surface area contributed by atoms with Gasteiger partial charge in [0, 0.05) is 11.3 Å². The highest BCUT2D eigenvalue weighted by Crippen LogP contribution is 2.57. The van der Waals surface area contributed by atoms with Gasteiger partial charge in [-0.2, -0.15) is 5.26 Å². The predicted octanol–water partition coefficient (Wildman–Crippen LogP) is 8.34. The average molecular weight is 600 g/mol. The average Bonchev–Trinajstić information content (AvgIpc) is 3.40. The highest BCUT2D eigenvalue weighted by Gasteiger charge is 2.35. The fraction of sp³-hybridized carbons (Fsp3) is 0.667. The zero-order valence-corrected chi connectivity index (χ0v) is 26.6. The monoisotopic (exact) mass is 599 g/mol. The molecule has 6 nitrogen and oxygen atoms in total. The van der Waals surface area contributed by atoms with Gasteiger partial charge in [0.2, 0.25) is 0 Å². The minimum Gasteiger partial charge on any atom is -0.461 e. The number of carbonyl (C=O) groups excluding carboxylic acids is 2. The summed E-state index contributed by atoms with van der Waals surface area (Å²) in [5, 5.41) is 19.6. The quantitative estimate of drug-likeness (QED) is 0.124. The molecule has 2 fully saturated rings. The molecule has 0 atom stereocenters. The summed E-state index contributed by atoms with van der Waals surface area (Å²) >= 11 is 2.62. The molecule has 0 unspecified atom stereocenters. The van der Waals surface area contributed by atoms with E-state index in [1.807, 2.05) is 25.1 Å². The van der Waals surface area contributed by atoms with E-state index in [1.165, 1.54) is 68.5 Å². The molecule has 0 saturated heterocycles. The zero-order valence-electron chi connectivity index (χ0n) is 25.0. The Balaban J connectivity index is 1.34. The van der Waals surface area contributed by atoms with Crippen LogP contribution in [0.1, 0.15) is 103 Å². The van der Waals surface area contributed by atoms with Crippen LogP contribution in [0, 0.1) is 41.9 Å². The highest BCUT2D eigenvalue weighted by molar-refractivity contribution is 8.24. The third kappa shape index (κ3) is 8.55. The topological polar surface area (TPSA) is 96.6 Å². The van der Waals surface area contributed by atoms with Gasteiger partial charge in [0.15, 0.2) is 5.57 Å². The lowest BCUT2D eigenvalue weighted by Gasteiger charge is -2.37. The molecular formula is C33H45NO5S2. The second-order valence-electron chi connectivity index (χ2n) is 12.7. The molecule has 4 rings (SSSR count). The lowest BCUT2D eigenvalue weighted by Crippen LogP contribution is -2.30. The number of benzene rings is 1. The third-order valence-corrected chi connectivity index (χ3v) is 11.7. The van der Waals surface area contributed by atoms with E-state index < -0.39 is 11.6 Å². The number of nitriles is 1. The van der Waals surface area contributed by atoms with Crippen LogP contribution in [0.2, 0.25) is 0 Å². The standard InChI is InChI=1S/C33H45NO5S2/c1-5-6-7-22-9-11-23(12-10-22)24-13-15-25(16-14-24)30(35)39-27-17-8-21(2)28-29(27)41-32(40-28)26(20-34)31(36)38-19-18-33(3,4)37/h8,17,22-25,37H,5-7,9-16,18-19H2,1-4H3. The second kappa shape index (κ2) is 14.5. The van der Waals surface area contributed by atoms with Crippen molar-refractivity contribution in [3.63, 3.8) is 0 Å². The molecule has 0 aromatic heterocycles. The number of thioether (sulfide) groups is 2. The van der Waals surface area contributed by atoms with Gasteiger partial charge in [-0.05, 0) is 88.7 Å². The van der Waals surface area contributed by atoms with Crippen LogP contribution in [0.5, 0.6) is 5.75 Å². The Kier molecular flexibility index (Phi) is 11.3. The van der Waals surface area contributed by atoms with E-state index in [1.54, 1.807) is 13.8 Å². The summed E-state index contributed by atoms with van der Waals surface area (Å²) in [7, 11) is 0. The van der Waals surface area contributed by atoms with Crippen molar-refractivity contribution < 1.29 is 24.2 Å². The second-order valence-corrected chi connectivity index (χ2v) is 15.0. The molecule has 1 aliphatic heterocycles. The Morgan fingerprint density at radius 3 is 2.27 bits per heavy atom. The zero-order chi connectivity index (χ0) is 29.6. The summed E-state index contributed by atoms with van der Waals surface area (Å²) in [6.07, 6.45) is 13.8. The minimum atomic E-state index is -0.962. The van der Waals surface area contributed by atoms with Crippen molar-refractivity contribution in [3.05, 3.63) is 27.5 Å². The molecule has 0 radical (unpaired) electrons. The molecule has 0 bridgehead atoms. The van der Waals surface area contributed by atoms with Crippen molar-refractivity contribution >= 4 is 35.5 Å². The maximum atomic E-state index is 13.3. The van der Waals surface area contributed by atoms with Crippen LogP contribution in [-0.2, 0) is 14.3 Å². The van der Waals surface area contributed by atoms with Crippen LogP contribution < -0.4 is 4.74 Å². The Bertz CT molecular complexity index is 1170. The predicted molar refractivity (Wildman–Crippen MR) is 163 cm³/mol. The van der Waals surface area contributed by atoms with E-state index in [0.29, 0.717) is 9.99 Å². The molecule has 3 aliphatic rings. The summed E-state index contributed by atoms with van der Waals surface area (Å²) in [6, 6.07) is 5.73. The van der Waals surface area contributed by atoms with Crippen molar-refractivity contribution in [1.82, 2.24) is 0 Å². The summed E-state index contributed by atoms with van der Waals surface area (Å²) in [4.78, 5) is 27.6. The van der Waals surface area contributed by atoms with Gasteiger partial charge in [-0.25, -0.2) is 4.79 Å². The Labute approximate surface area is 254 Å². The summed E-state index contributed by atoms with van der Waals surface area (Å²) in [5.74, 6) is 2.01. The molecule has 2 saturated carbocycles. The van der Waals surface area contributed by atoms with Crippen LogP contribution >= 0.6 is 23.5 Å². The van der Waals surface area contributed by atoms with E-state index in [0.717, 1.165) is 58.8 Å². The first-order chi connectivity index (χ1) is 19.6. The van der Waals surface area contributed by atoms with Gasteiger partial charge in [-0.15, -0.1) is 0 Å². The molecule has 8 heteroatoms. The maximum absolute atomic E-state index is 13.3. The molecule has 2 aliphatic carbocycles. The number of ether oxygens (including phenoxy) is 2. The molecule has 0 amide bonds. The maximum Gasteiger partial charge on any atom is 0.350 e. The van der Waals surface area contributed by atoms with Gasteiger partial charge in [-0.1, -0.05) is 68.6 Å². The van der Waals surface area contributed by atoms with E-state index in [4.69, 9.17) is 9.47 Å². The summed E-state index contributed by atoms with van der Waals surface area (Å²) < 4.78 is 11.8. The summed E-state index contributed by atoms with van der Waals surface area (Å²) in [6.45, 7) is 7.54. The van der Waals surface area contributed by atoms with Crippen molar-refractivity contribution in [2.75, 3.05) is 6.61 Å². The number of hydrogen-bond acceptors (Lipinski definition) is 8. The lowest BCUT2D eigenvalue weighted by molar-refractivity contribution is -0.141. The number of esters is 2. The van der Waals surface area contributed by atoms with E-state index in [9.17, 15) is 20.0 Å². The van der Waals surface area contributed by atoms with Crippen LogP contribution in [0.15, 0.2) is 31.7 Å². The number of aryl methyl sites for hydroxylation is 1. The Morgan fingerprint density at radius 2 is 1.66 bits per heavy atom. The third-order valence-electron chi connectivity index (χ3n) is 8.97. The van der Waals surface area contributed by atoms with Gasteiger partial charge in [0.1, 0.15) is 11.8 Å². The van der Waals surface area contributed by atoms with Crippen LogP contribution in [-0.4, -0.2) is 29.3 Å². The van der Waals surface area contributed by atoms with Crippen molar-refractivity contribution in [1.29, 1.82) is 5.26 Å². The van der Waals surface area contributed by atoms with E-state index in [-0.39, 0.29) is 30.5 Å². The van der Waals surface area contributed by atoms with Gasteiger partial charge in [0.05, 0.1) is 27.3 Å². The van der Waals surface area contributed by atoms with Crippen LogP contribution in [0.4, 0.5) is 0 Å². The van der Waals surface area contributed by atoms with Crippen molar-refractivity contribution in [3.8, 4) is 11.8 Å². The highest BCUT2D eigenvalue weighted by atomic mass is 32.2. The van der Waals surface area contributed by atoms with E-state index in [2.05, 4.69) is 6.92 Å². The van der Waals surface area contributed by atoms with Gasteiger partial charge in [0.25, 0.3) is 0 Å². The number of hydrogen-bond donors (Lipinski definition) is 1. The van der Waals surface area contributed by atoms with E-state index >= 15 is 0 Å². The van der Waals surface area contributed by atoms with Crippen molar-refractivity contribution in [2.45, 2.75) is 120 Å². The first-order valence-electron chi connectivity index (χ1n) is 15.3. The first-order valence-corrected chi connectivity index (χ1v) is 17.0. The molecule has 1 heterocycles. The largest absolute Gasteiger partial charge is 0.461 e. The van der Waals surface area contributed by atoms with Gasteiger partial charge >= 0.3 is 11.9 Å². The number of carbonyl (C=O) groups is 2. The first kappa shape index (κ1) is 32.0. The lowest BCUT2D eigenvalue weighted by atomic mass is 9.68. The minimum absolute atomic E-state index is 0.0213. The molecule has 1 aromatic rings. The number of unbranched alkanes of at least 4 members (excludes halogenated alkanes) is 1. The molecule has 0 spiro atoms. The van der Waals surface area contributed by atoms with Gasteiger partial charge < -0.3 is 14.6 Å². The smallest absolute Gasteiger partial charge is 0.350 e. The van der Waals surface area contributed by atoms with Crippen LogP contribution in [0.3, 0.4) is 0 Å². The fourth-order valence-electron chi connectivity index (χ4n) is 6.35. The SMILES string of the molecule is CCCCC1CCC(C2CCC(C(=O)Oc3ccc(C)c4c3SC(=C(C#N)C(=O)OCCC(C)(C)O)S4)CC2)CC1. The number of fused-ring (bicyclic) bond motifs is 1. The molecule has 41 heavy (non-hydrogen) atoms. The Hall–Kier alpha value is -1.95. The molecule has 1 aromatic carbocycles. The number of nitrogens with zero attached hydrogens (tertiary/aromatic N) is 1.